The lowest BCUT2D eigenvalue weighted by Gasteiger charge is -2.23. The predicted molar refractivity (Wildman–Crippen MR) is 52.7 cm³/mol. The molecule has 2 nitrogen and oxygen atoms in total. The zero-order chi connectivity index (χ0) is 9.94. The van der Waals surface area contributed by atoms with Crippen molar-refractivity contribution < 1.29 is 9.90 Å². The first-order valence-electron chi connectivity index (χ1n) is 3.69. The van der Waals surface area contributed by atoms with Crippen molar-refractivity contribution in [3.63, 3.8) is 0 Å². The number of rotatable bonds is 3. The van der Waals surface area contributed by atoms with E-state index >= 15 is 0 Å². The minimum atomic E-state index is -1.63. The molecule has 0 aliphatic carbocycles. The van der Waals surface area contributed by atoms with Crippen molar-refractivity contribution in [1.82, 2.24) is 0 Å². The molecule has 0 amide bonds. The van der Waals surface area contributed by atoms with E-state index in [1.165, 1.54) is 0 Å². The second kappa shape index (κ2) is 3.59. The highest BCUT2D eigenvalue weighted by Gasteiger charge is 2.30. The molecule has 0 aromatic heterocycles. The first kappa shape index (κ1) is 11.0. The summed E-state index contributed by atoms with van der Waals surface area (Å²) in [6.07, 6.45) is 5.26. The number of carbonyl (C=O) groups is 1. The maximum absolute atomic E-state index is 10.6. The van der Waals surface area contributed by atoms with Gasteiger partial charge in [0.2, 0.25) is 0 Å². The molecular weight excluding hydrogens is 168 g/mol. The quantitative estimate of drug-likeness (QED) is 0.411. The monoisotopic (exact) mass is 182 g/mol. The van der Waals surface area contributed by atoms with Crippen LogP contribution in [0.5, 0.6) is 0 Å². The Hall–Kier alpha value is -1.01. The van der Waals surface area contributed by atoms with Crippen molar-refractivity contribution >= 4 is 14.0 Å². The van der Waals surface area contributed by atoms with E-state index in [0.717, 1.165) is 0 Å². The van der Waals surface area contributed by atoms with Gasteiger partial charge in [-0.25, -0.2) is 4.79 Å². The van der Waals surface area contributed by atoms with Crippen LogP contribution in [0.1, 0.15) is 0 Å². The van der Waals surface area contributed by atoms with Crippen LogP contribution in [-0.2, 0) is 4.79 Å². The Kier molecular flexibility index (Phi) is 3.29. The summed E-state index contributed by atoms with van der Waals surface area (Å²) in [5.41, 5.74) is -0.119. The van der Waals surface area contributed by atoms with Crippen molar-refractivity contribution in [2.45, 2.75) is 25.2 Å². The summed E-state index contributed by atoms with van der Waals surface area (Å²) in [5, 5.41) is 8.67. The standard InChI is InChI=1S/C9H14O2Si/c1-6-8(12(3,4)5)7(2)9(10)11/h1,8H,2H2,3-5H3,(H,10,11). The molecule has 0 aliphatic heterocycles. The van der Waals surface area contributed by atoms with Gasteiger partial charge in [0.1, 0.15) is 0 Å². The van der Waals surface area contributed by atoms with Crippen LogP contribution in [0.2, 0.25) is 25.2 Å². The zero-order valence-corrected chi connectivity index (χ0v) is 8.72. The summed E-state index contributed by atoms with van der Waals surface area (Å²) in [6, 6.07) is 0. The van der Waals surface area contributed by atoms with Crippen LogP contribution in [0.4, 0.5) is 0 Å². The number of aliphatic carboxylic acids is 1. The number of carboxylic acids is 1. The van der Waals surface area contributed by atoms with Crippen molar-refractivity contribution in [2.24, 2.45) is 0 Å². The van der Waals surface area contributed by atoms with E-state index in [4.69, 9.17) is 11.5 Å². The summed E-state index contributed by atoms with van der Waals surface area (Å²) in [4.78, 5) is 10.6. The summed E-state index contributed by atoms with van der Waals surface area (Å²) in [6.45, 7) is 9.58. The van der Waals surface area contributed by atoms with Crippen LogP contribution in [0.25, 0.3) is 0 Å². The topological polar surface area (TPSA) is 37.3 Å². The van der Waals surface area contributed by atoms with Crippen LogP contribution in [0, 0.1) is 12.3 Å². The highest BCUT2D eigenvalue weighted by atomic mass is 28.3. The zero-order valence-electron chi connectivity index (χ0n) is 7.72. The SMILES string of the molecule is C#CC(C(=C)C(=O)O)[Si](C)(C)C. The van der Waals surface area contributed by atoms with E-state index in [1.807, 2.05) is 19.6 Å². The Morgan fingerprint density at radius 1 is 1.58 bits per heavy atom. The van der Waals surface area contributed by atoms with Crippen molar-refractivity contribution in [3.05, 3.63) is 12.2 Å². The molecule has 0 aromatic rings. The highest BCUT2D eigenvalue weighted by Crippen LogP contribution is 2.27. The molecule has 0 spiro atoms. The molecule has 0 fully saturated rings. The smallest absolute Gasteiger partial charge is 0.331 e. The normalized spacial score (nSPS) is 13.2. The van der Waals surface area contributed by atoms with Gasteiger partial charge >= 0.3 is 5.97 Å². The molecule has 0 rings (SSSR count). The molecule has 12 heavy (non-hydrogen) atoms. The van der Waals surface area contributed by atoms with Gasteiger partial charge in [-0.15, -0.1) is 12.3 Å². The van der Waals surface area contributed by atoms with Crippen LogP contribution < -0.4 is 0 Å². The van der Waals surface area contributed by atoms with Gasteiger partial charge in [-0.2, -0.15) is 0 Å². The molecule has 0 bridgehead atoms. The highest BCUT2D eigenvalue weighted by molar-refractivity contribution is 6.79. The Labute approximate surface area is 74.3 Å². The fraction of sp³-hybridized carbons (Fsp3) is 0.444. The number of hydrogen-bond acceptors (Lipinski definition) is 1. The average Bonchev–Trinajstić information content (AvgIpc) is 1.85. The third-order valence-electron chi connectivity index (χ3n) is 1.66. The molecule has 0 radical (unpaired) electrons. The van der Waals surface area contributed by atoms with E-state index in [9.17, 15) is 4.79 Å². The molecule has 1 atom stereocenters. The van der Waals surface area contributed by atoms with E-state index < -0.39 is 14.0 Å². The van der Waals surface area contributed by atoms with Gasteiger partial charge in [-0.05, 0) is 0 Å². The maximum Gasteiger partial charge on any atom is 0.331 e. The first-order chi connectivity index (χ1) is 5.30. The lowest BCUT2D eigenvalue weighted by Crippen LogP contribution is -2.30. The minimum absolute atomic E-state index is 0.150. The van der Waals surface area contributed by atoms with Crippen molar-refractivity contribution in [3.8, 4) is 12.3 Å². The lowest BCUT2D eigenvalue weighted by molar-refractivity contribution is -0.132. The molecular formula is C9H14O2Si. The Morgan fingerprint density at radius 2 is 2.00 bits per heavy atom. The number of hydrogen-bond donors (Lipinski definition) is 1. The summed E-state index contributed by atoms with van der Waals surface area (Å²) in [7, 11) is -1.63. The van der Waals surface area contributed by atoms with Crippen LogP contribution in [-0.4, -0.2) is 19.1 Å². The lowest BCUT2D eigenvalue weighted by atomic mass is 10.2. The van der Waals surface area contributed by atoms with Gasteiger partial charge in [0.15, 0.2) is 0 Å². The summed E-state index contributed by atoms with van der Waals surface area (Å²) >= 11 is 0. The molecule has 0 aromatic carbocycles. The Balaban J connectivity index is 4.74. The van der Waals surface area contributed by atoms with Gasteiger partial charge in [-0.1, -0.05) is 26.2 Å². The second-order valence-electron chi connectivity index (χ2n) is 3.80. The Morgan fingerprint density at radius 3 is 2.08 bits per heavy atom. The number of terminal acetylenes is 1. The van der Waals surface area contributed by atoms with Crippen LogP contribution >= 0.6 is 0 Å². The van der Waals surface area contributed by atoms with Crippen LogP contribution in [0.3, 0.4) is 0 Å². The first-order valence-corrected chi connectivity index (χ1v) is 7.26. The molecule has 0 saturated carbocycles. The maximum atomic E-state index is 10.6. The third kappa shape index (κ3) is 2.55. The summed E-state index contributed by atoms with van der Waals surface area (Å²) in [5.74, 6) is 1.52. The minimum Gasteiger partial charge on any atom is -0.478 e. The molecule has 66 valence electrons. The molecule has 0 aliphatic rings. The molecule has 1 unspecified atom stereocenters. The van der Waals surface area contributed by atoms with Crippen LogP contribution in [0.15, 0.2) is 12.2 Å². The van der Waals surface area contributed by atoms with E-state index in [1.54, 1.807) is 0 Å². The second-order valence-corrected chi connectivity index (χ2v) is 9.11. The van der Waals surface area contributed by atoms with E-state index in [-0.39, 0.29) is 11.1 Å². The van der Waals surface area contributed by atoms with Gasteiger partial charge < -0.3 is 5.11 Å². The van der Waals surface area contributed by atoms with E-state index in [0.29, 0.717) is 0 Å². The van der Waals surface area contributed by atoms with Crippen molar-refractivity contribution in [1.29, 1.82) is 0 Å². The van der Waals surface area contributed by atoms with Gasteiger partial charge in [0.25, 0.3) is 0 Å². The molecule has 1 N–H and O–H groups in total. The van der Waals surface area contributed by atoms with Gasteiger partial charge in [0.05, 0.1) is 8.07 Å². The number of carboxylic acid groups (broad SMARTS) is 1. The fourth-order valence-electron chi connectivity index (χ4n) is 0.997. The van der Waals surface area contributed by atoms with Gasteiger partial charge in [-0.3, -0.25) is 0 Å². The summed E-state index contributed by atoms with van der Waals surface area (Å²) < 4.78 is 0. The Bertz CT molecular complexity index is 242. The molecule has 3 heteroatoms. The fourth-order valence-corrected chi connectivity index (χ4v) is 2.67. The largest absolute Gasteiger partial charge is 0.478 e. The average molecular weight is 182 g/mol. The van der Waals surface area contributed by atoms with Crippen molar-refractivity contribution in [2.75, 3.05) is 0 Å². The molecule has 0 heterocycles. The molecule has 0 saturated heterocycles. The third-order valence-corrected chi connectivity index (χ3v) is 3.90. The van der Waals surface area contributed by atoms with E-state index in [2.05, 4.69) is 12.5 Å². The predicted octanol–water partition coefficient (Wildman–Crippen LogP) is 1.97. The van der Waals surface area contributed by atoms with Gasteiger partial charge in [0, 0.05) is 11.1 Å².